The Balaban J connectivity index is 3.36. The quantitative estimate of drug-likeness (QED) is 0.326. The van der Waals surface area contributed by atoms with E-state index in [9.17, 15) is 4.79 Å². The minimum absolute atomic E-state index is 0.0168. The molecule has 0 aromatic rings. The fraction of sp³-hybridized carbons (Fsp3) is 0.750. The zero-order valence-electron chi connectivity index (χ0n) is 7.45. The lowest BCUT2D eigenvalue weighted by atomic mass is 10.2. The van der Waals surface area contributed by atoms with Crippen molar-refractivity contribution >= 4 is 6.08 Å². The molecular formula is C8H14NO3. The standard InChI is InChI=1S/C8H14NO3/c1-11-6-8(12-2)4-3-5-9-7-10/h6,8H,3-5H2,1-2H3. The SMILES string of the molecule is CO[CH]C(CCCN=C=O)OC. The monoisotopic (exact) mass is 172 g/mol. The summed E-state index contributed by atoms with van der Waals surface area (Å²) in [5, 5.41) is 0. The van der Waals surface area contributed by atoms with Gasteiger partial charge in [-0.15, -0.1) is 0 Å². The molecule has 0 saturated heterocycles. The summed E-state index contributed by atoms with van der Waals surface area (Å²) in [6.07, 6.45) is 3.07. The lowest BCUT2D eigenvalue weighted by Gasteiger charge is -2.11. The topological polar surface area (TPSA) is 47.9 Å². The number of carbonyl (C=O) groups excluding carboxylic acids is 1. The minimum atomic E-state index is -0.0168. The van der Waals surface area contributed by atoms with Gasteiger partial charge in [0.15, 0.2) is 0 Å². The van der Waals surface area contributed by atoms with Gasteiger partial charge in [0.25, 0.3) is 0 Å². The van der Waals surface area contributed by atoms with E-state index in [0.717, 1.165) is 12.8 Å². The molecule has 0 aliphatic rings. The van der Waals surface area contributed by atoms with E-state index in [-0.39, 0.29) is 6.10 Å². The highest BCUT2D eigenvalue weighted by atomic mass is 16.5. The van der Waals surface area contributed by atoms with Gasteiger partial charge in [0.1, 0.15) is 6.61 Å². The maximum atomic E-state index is 9.69. The first kappa shape index (κ1) is 11.3. The third-order valence-electron chi connectivity index (χ3n) is 1.41. The first-order valence-corrected chi connectivity index (χ1v) is 3.77. The fourth-order valence-electron chi connectivity index (χ4n) is 0.810. The molecule has 0 heterocycles. The van der Waals surface area contributed by atoms with Gasteiger partial charge in [-0.05, 0) is 12.8 Å². The van der Waals surface area contributed by atoms with Crippen LogP contribution in [0.5, 0.6) is 0 Å². The Kier molecular flexibility index (Phi) is 7.91. The second-order valence-corrected chi connectivity index (χ2v) is 2.26. The van der Waals surface area contributed by atoms with Crippen molar-refractivity contribution < 1.29 is 14.3 Å². The van der Waals surface area contributed by atoms with Crippen LogP contribution in [0.25, 0.3) is 0 Å². The van der Waals surface area contributed by atoms with Crippen LogP contribution in [0.2, 0.25) is 0 Å². The molecule has 1 radical (unpaired) electrons. The molecule has 0 fully saturated rings. The third kappa shape index (κ3) is 6.04. The molecule has 0 rings (SSSR count). The second kappa shape index (κ2) is 8.40. The van der Waals surface area contributed by atoms with Crippen LogP contribution in [0.15, 0.2) is 4.99 Å². The zero-order valence-corrected chi connectivity index (χ0v) is 7.45. The Hall–Kier alpha value is -0.700. The lowest BCUT2D eigenvalue weighted by molar-refractivity contribution is 0.0647. The zero-order chi connectivity index (χ0) is 9.23. The highest BCUT2D eigenvalue weighted by Gasteiger charge is 2.05. The van der Waals surface area contributed by atoms with Crippen LogP contribution in [-0.2, 0) is 14.3 Å². The normalized spacial score (nSPS) is 12.2. The molecule has 1 unspecified atom stereocenters. The average molecular weight is 172 g/mol. The summed E-state index contributed by atoms with van der Waals surface area (Å²) in [6, 6.07) is 0. The number of isocyanates is 1. The Morgan fingerprint density at radius 1 is 1.58 bits per heavy atom. The Morgan fingerprint density at radius 3 is 2.83 bits per heavy atom. The third-order valence-corrected chi connectivity index (χ3v) is 1.41. The predicted octanol–water partition coefficient (Wildman–Crippen LogP) is 0.926. The molecular weight excluding hydrogens is 158 g/mol. The van der Waals surface area contributed by atoms with Gasteiger partial charge in [-0.3, -0.25) is 0 Å². The number of methoxy groups -OCH3 is 2. The van der Waals surface area contributed by atoms with E-state index >= 15 is 0 Å². The van der Waals surface area contributed by atoms with Gasteiger partial charge in [-0.25, -0.2) is 9.79 Å². The van der Waals surface area contributed by atoms with Crippen molar-refractivity contribution in [2.45, 2.75) is 18.9 Å². The summed E-state index contributed by atoms with van der Waals surface area (Å²) in [6.45, 7) is 2.12. The molecule has 12 heavy (non-hydrogen) atoms. The molecule has 4 heteroatoms. The smallest absolute Gasteiger partial charge is 0.234 e. The number of ether oxygens (including phenoxy) is 2. The molecule has 0 amide bonds. The van der Waals surface area contributed by atoms with Crippen LogP contribution in [-0.4, -0.2) is 32.9 Å². The van der Waals surface area contributed by atoms with Crippen molar-refractivity contribution in [3.8, 4) is 0 Å². The maximum absolute atomic E-state index is 9.69. The van der Waals surface area contributed by atoms with Crippen LogP contribution in [0.3, 0.4) is 0 Å². The van der Waals surface area contributed by atoms with Crippen LogP contribution < -0.4 is 0 Å². The predicted molar refractivity (Wildman–Crippen MR) is 44.3 cm³/mol. The Labute approximate surface area is 72.6 Å². The van der Waals surface area contributed by atoms with Crippen molar-refractivity contribution in [2.24, 2.45) is 4.99 Å². The van der Waals surface area contributed by atoms with E-state index in [0.29, 0.717) is 6.54 Å². The van der Waals surface area contributed by atoms with Gasteiger partial charge in [0.05, 0.1) is 12.6 Å². The molecule has 0 aliphatic heterocycles. The highest BCUT2D eigenvalue weighted by molar-refractivity contribution is 5.32. The first-order chi connectivity index (χ1) is 5.85. The highest BCUT2D eigenvalue weighted by Crippen LogP contribution is 2.04. The molecule has 0 N–H and O–H groups in total. The largest absolute Gasteiger partial charge is 0.379 e. The Morgan fingerprint density at radius 2 is 2.33 bits per heavy atom. The molecule has 0 aromatic carbocycles. The first-order valence-electron chi connectivity index (χ1n) is 3.77. The van der Waals surface area contributed by atoms with E-state index in [1.54, 1.807) is 20.8 Å². The Bertz CT molecular complexity index is 143. The van der Waals surface area contributed by atoms with Gasteiger partial charge < -0.3 is 9.47 Å². The maximum Gasteiger partial charge on any atom is 0.234 e. The number of rotatable bonds is 7. The van der Waals surface area contributed by atoms with E-state index in [4.69, 9.17) is 9.47 Å². The fourth-order valence-corrected chi connectivity index (χ4v) is 0.810. The number of nitrogens with zero attached hydrogens (tertiary/aromatic N) is 1. The summed E-state index contributed by atoms with van der Waals surface area (Å²) in [4.78, 5) is 13.1. The summed E-state index contributed by atoms with van der Waals surface area (Å²) < 4.78 is 9.84. The van der Waals surface area contributed by atoms with E-state index in [2.05, 4.69) is 4.99 Å². The van der Waals surface area contributed by atoms with E-state index in [1.807, 2.05) is 0 Å². The van der Waals surface area contributed by atoms with Crippen molar-refractivity contribution in [1.82, 2.24) is 0 Å². The molecule has 0 aliphatic carbocycles. The van der Waals surface area contributed by atoms with Crippen LogP contribution in [0.4, 0.5) is 0 Å². The summed E-state index contributed by atoms with van der Waals surface area (Å²) >= 11 is 0. The van der Waals surface area contributed by atoms with Gasteiger partial charge in [0.2, 0.25) is 6.08 Å². The summed E-state index contributed by atoms with van der Waals surface area (Å²) in [5.41, 5.74) is 0. The van der Waals surface area contributed by atoms with Gasteiger partial charge in [-0.2, -0.15) is 0 Å². The van der Waals surface area contributed by atoms with Crippen molar-refractivity contribution in [3.63, 3.8) is 0 Å². The number of hydrogen-bond acceptors (Lipinski definition) is 4. The van der Waals surface area contributed by atoms with E-state index in [1.165, 1.54) is 6.08 Å². The molecule has 1 atom stereocenters. The minimum Gasteiger partial charge on any atom is -0.379 e. The molecule has 0 spiro atoms. The van der Waals surface area contributed by atoms with Gasteiger partial charge in [0, 0.05) is 14.2 Å². The van der Waals surface area contributed by atoms with Crippen LogP contribution in [0, 0.1) is 6.61 Å². The summed E-state index contributed by atoms with van der Waals surface area (Å²) in [7, 11) is 3.19. The van der Waals surface area contributed by atoms with Gasteiger partial charge >= 0.3 is 0 Å². The van der Waals surface area contributed by atoms with E-state index < -0.39 is 0 Å². The van der Waals surface area contributed by atoms with Crippen molar-refractivity contribution in [3.05, 3.63) is 6.61 Å². The number of aliphatic imine (C=N–C) groups is 1. The second-order valence-electron chi connectivity index (χ2n) is 2.26. The molecule has 0 aromatic heterocycles. The molecule has 69 valence electrons. The van der Waals surface area contributed by atoms with Gasteiger partial charge in [-0.1, -0.05) is 0 Å². The lowest BCUT2D eigenvalue weighted by Crippen LogP contribution is -2.12. The van der Waals surface area contributed by atoms with Crippen LogP contribution in [0.1, 0.15) is 12.8 Å². The molecule has 0 bridgehead atoms. The van der Waals surface area contributed by atoms with Crippen molar-refractivity contribution in [2.75, 3.05) is 20.8 Å². The number of hydrogen-bond donors (Lipinski definition) is 0. The van der Waals surface area contributed by atoms with Crippen molar-refractivity contribution in [1.29, 1.82) is 0 Å². The van der Waals surface area contributed by atoms with Crippen LogP contribution >= 0.6 is 0 Å². The molecule has 0 saturated carbocycles. The molecule has 4 nitrogen and oxygen atoms in total. The summed E-state index contributed by atoms with van der Waals surface area (Å²) in [5.74, 6) is 0. The average Bonchev–Trinajstić information content (AvgIpc) is 2.10.